The molecule has 0 saturated heterocycles. The van der Waals surface area contributed by atoms with Crippen LogP contribution in [0.25, 0.3) is 0 Å². The van der Waals surface area contributed by atoms with Crippen molar-refractivity contribution in [1.29, 1.82) is 0 Å². The number of ether oxygens (including phenoxy) is 1. The van der Waals surface area contributed by atoms with Gasteiger partial charge in [0.2, 0.25) is 0 Å². The van der Waals surface area contributed by atoms with E-state index in [4.69, 9.17) is 16.3 Å². The smallest absolute Gasteiger partial charge is 0.0594 e. The fourth-order valence-electron chi connectivity index (χ4n) is 1.25. The van der Waals surface area contributed by atoms with Gasteiger partial charge in [-0.05, 0) is 31.5 Å². The van der Waals surface area contributed by atoms with E-state index in [0.717, 1.165) is 29.2 Å². The second-order valence-electron chi connectivity index (χ2n) is 3.83. The molecule has 0 aromatic heterocycles. The van der Waals surface area contributed by atoms with Gasteiger partial charge < -0.3 is 10.1 Å². The summed E-state index contributed by atoms with van der Waals surface area (Å²) < 4.78 is 6.47. The van der Waals surface area contributed by atoms with Crippen molar-refractivity contribution in [3.8, 4) is 0 Å². The summed E-state index contributed by atoms with van der Waals surface area (Å²) in [4.78, 5) is 0. The van der Waals surface area contributed by atoms with Gasteiger partial charge in [0, 0.05) is 22.6 Å². The van der Waals surface area contributed by atoms with Gasteiger partial charge in [0.25, 0.3) is 0 Å². The van der Waals surface area contributed by atoms with E-state index in [9.17, 15) is 0 Å². The van der Waals surface area contributed by atoms with E-state index in [1.807, 2.05) is 32.0 Å². The fraction of sp³-hybridized carbons (Fsp3) is 0.500. The Labute approximate surface area is 110 Å². The quantitative estimate of drug-likeness (QED) is 0.811. The van der Waals surface area contributed by atoms with Crippen LogP contribution in [0.4, 0.5) is 0 Å². The maximum absolute atomic E-state index is 5.87. The van der Waals surface area contributed by atoms with Gasteiger partial charge in [0.05, 0.1) is 12.7 Å². The van der Waals surface area contributed by atoms with Crippen LogP contribution in [0.15, 0.2) is 22.7 Å². The van der Waals surface area contributed by atoms with Crippen molar-refractivity contribution < 1.29 is 4.74 Å². The van der Waals surface area contributed by atoms with Crippen molar-refractivity contribution in [3.05, 3.63) is 33.3 Å². The lowest BCUT2D eigenvalue weighted by atomic mass is 10.2. The molecule has 0 radical (unpaired) electrons. The summed E-state index contributed by atoms with van der Waals surface area (Å²) in [6.45, 7) is 6.49. The maximum atomic E-state index is 5.87. The number of benzene rings is 1. The minimum atomic E-state index is 0.295. The lowest BCUT2D eigenvalue weighted by molar-refractivity contribution is 0.0807. The van der Waals surface area contributed by atoms with Gasteiger partial charge in [0.15, 0.2) is 0 Å². The van der Waals surface area contributed by atoms with Crippen LogP contribution in [0.3, 0.4) is 0 Å². The SMILES string of the molecule is CC(C)OCCNCc1ccc(Cl)cc1Br. The van der Waals surface area contributed by atoms with Crippen LogP contribution < -0.4 is 5.32 Å². The van der Waals surface area contributed by atoms with Crippen LogP contribution in [0.5, 0.6) is 0 Å². The zero-order valence-corrected chi connectivity index (χ0v) is 11.9. The average Bonchev–Trinajstić information content (AvgIpc) is 2.20. The maximum Gasteiger partial charge on any atom is 0.0594 e. The lowest BCUT2D eigenvalue weighted by Gasteiger charge is -2.09. The molecule has 0 aliphatic carbocycles. The summed E-state index contributed by atoms with van der Waals surface area (Å²) in [5, 5.41) is 4.07. The molecule has 0 saturated carbocycles. The van der Waals surface area contributed by atoms with Gasteiger partial charge in [-0.25, -0.2) is 0 Å². The third-order valence-electron chi connectivity index (χ3n) is 2.06. The highest BCUT2D eigenvalue weighted by molar-refractivity contribution is 9.10. The number of hydrogen-bond donors (Lipinski definition) is 1. The van der Waals surface area contributed by atoms with E-state index < -0.39 is 0 Å². The molecule has 16 heavy (non-hydrogen) atoms. The Hall–Kier alpha value is -0.0900. The molecule has 90 valence electrons. The Kier molecular flexibility index (Phi) is 6.36. The van der Waals surface area contributed by atoms with Crippen LogP contribution in [0, 0.1) is 0 Å². The first-order valence-electron chi connectivity index (χ1n) is 5.36. The minimum Gasteiger partial charge on any atom is -0.377 e. The molecule has 0 unspecified atom stereocenters. The molecule has 0 atom stereocenters. The summed E-state index contributed by atoms with van der Waals surface area (Å²) in [5.74, 6) is 0. The van der Waals surface area contributed by atoms with Crippen molar-refractivity contribution in [1.82, 2.24) is 5.32 Å². The van der Waals surface area contributed by atoms with E-state index in [-0.39, 0.29) is 0 Å². The molecule has 1 aromatic rings. The molecule has 1 N–H and O–H groups in total. The van der Waals surface area contributed by atoms with Crippen LogP contribution in [0.2, 0.25) is 5.02 Å². The Bertz CT molecular complexity index is 331. The number of halogens is 2. The molecule has 0 aliphatic rings. The second-order valence-corrected chi connectivity index (χ2v) is 5.12. The largest absolute Gasteiger partial charge is 0.377 e. The summed E-state index contributed by atoms with van der Waals surface area (Å²) in [7, 11) is 0. The Morgan fingerprint density at radius 2 is 2.19 bits per heavy atom. The summed E-state index contributed by atoms with van der Waals surface area (Å²) in [6, 6.07) is 5.82. The molecule has 0 heterocycles. The van der Waals surface area contributed by atoms with E-state index in [1.165, 1.54) is 5.56 Å². The molecule has 0 spiro atoms. The number of rotatable bonds is 6. The first kappa shape index (κ1) is 14.0. The topological polar surface area (TPSA) is 21.3 Å². The van der Waals surface area contributed by atoms with Crippen molar-refractivity contribution in [2.45, 2.75) is 26.5 Å². The Morgan fingerprint density at radius 1 is 1.44 bits per heavy atom. The average molecular weight is 307 g/mol. The number of nitrogens with one attached hydrogen (secondary N) is 1. The predicted molar refractivity (Wildman–Crippen MR) is 71.9 cm³/mol. The van der Waals surface area contributed by atoms with E-state index in [0.29, 0.717) is 6.10 Å². The van der Waals surface area contributed by atoms with E-state index >= 15 is 0 Å². The third-order valence-corrected chi connectivity index (χ3v) is 3.03. The van der Waals surface area contributed by atoms with Gasteiger partial charge in [0.1, 0.15) is 0 Å². The van der Waals surface area contributed by atoms with Crippen LogP contribution in [-0.2, 0) is 11.3 Å². The lowest BCUT2D eigenvalue weighted by Crippen LogP contribution is -2.21. The van der Waals surface area contributed by atoms with Gasteiger partial charge in [-0.1, -0.05) is 33.6 Å². The molecule has 0 bridgehead atoms. The van der Waals surface area contributed by atoms with Gasteiger partial charge in [-0.2, -0.15) is 0 Å². The van der Waals surface area contributed by atoms with Crippen molar-refractivity contribution in [2.24, 2.45) is 0 Å². The monoisotopic (exact) mass is 305 g/mol. The molecule has 0 fully saturated rings. The standard InChI is InChI=1S/C12H17BrClNO/c1-9(2)16-6-5-15-8-10-3-4-11(14)7-12(10)13/h3-4,7,9,15H,5-6,8H2,1-2H3. The molecular weight excluding hydrogens is 289 g/mol. The highest BCUT2D eigenvalue weighted by Gasteiger charge is 2.00. The van der Waals surface area contributed by atoms with Gasteiger partial charge in [-0.15, -0.1) is 0 Å². The van der Waals surface area contributed by atoms with Gasteiger partial charge in [-0.3, -0.25) is 0 Å². The number of hydrogen-bond acceptors (Lipinski definition) is 2. The molecule has 1 aromatic carbocycles. The zero-order valence-electron chi connectivity index (χ0n) is 9.59. The summed E-state index contributed by atoms with van der Waals surface area (Å²) in [6.07, 6.45) is 0.295. The van der Waals surface area contributed by atoms with E-state index in [2.05, 4.69) is 21.2 Å². The molecule has 2 nitrogen and oxygen atoms in total. The predicted octanol–water partition coefficient (Wildman–Crippen LogP) is 3.62. The van der Waals surface area contributed by atoms with Crippen molar-refractivity contribution in [3.63, 3.8) is 0 Å². The third kappa shape index (κ3) is 5.30. The normalized spacial score (nSPS) is 11.1. The molecule has 1 rings (SSSR count). The second kappa shape index (κ2) is 7.28. The van der Waals surface area contributed by atoms with Crippen molar-refractivity contribution >= 4 is 27.5 Å². The molecule has 0 amide bonds. The highest BCUT2D eigenvalue weighted by Crippen LogP contribution is 2.21. The molecular formula is C12H17BrClNO. The van der Waals surface area contributed by atoms with Crippen LogP contribution in [0.1, 0.15) is 19.4 Å². The first-order valence-corrected chi connectivity index (χ1v) is 6.53. The van der Waals surface area contributed by atoms with Gasteiger partial charge >= 0.3 is 0 Å². The highest BCUT2D eigenvalue weighted by atomic mass is 79.9. The summed E-state index contributed by atoms with van der Waals surface area (Å²) >= 11 is 9.35. The first-order chi connectivity index (χ1) is 7.59. The van der Waals surface area contributed by atoms with E-state index in [1.54, 1.807) is 0 Å². The zero-order chi connectivity index (χ0) is 12.0. The summed E-state index contributed by atoms with van der Waals surface area (Å²) in [5.41, 5.74) is 1.20. The molecule has 0 aliphatic heterocycles. The Morgan fingerprint density at radius 3 is 2.81 bits per heavy atom. The molecule has 4 heteroatoms. The van der Waals surface area contributed by atoms with Crippen LogP contribution >= 0.6 is 27.5 Å². The minimum absolute atomic E-state index is 0.295. The van der Waals surface area contributed by atoms with Crippen LogP contribution in [-0.4, -0.2) is 19.3 Å². The van der Waals surface area contributed by atoms with Crippen molar-refractivity contribution in [2.75, 3.05) is 13.2 Å². The Balaban J connectivity index is 2.27. The fourth-order valence-corrected chi connectivity index (χ4v) is 2.08.